The van der Waals surface area contributed by atoms with Crippen molar-refractivity contribution >= 4 is 0 Å². The van der Waals surface area contributed by atoms with Gasteiger partial charge in [0.2, 0.25) is 0 Å². The van der Waals surface area contributed by atoms with Gasteiger partial charge in [-0.1, -0.05) is 12.1 Å². The summed E-state index contributed by atoms with van der Waals surface area (Å²) in [7, 11) is 1.62. The van der Waals surface area contributed by atoms with Crippen molar-refractivity contribution in [3.05, 3.63) is 36.4 Å². The molecule has 0 aliphatic heterocycles. The number of aliphatic hydroxyl groups excluding tert-OH is 1. The van der Waals surface area contributed by atoms with Crippen LogP contribution in [0.2, 0.25) is 0 Å². The lowest BCUT2D eigenvalue weighted by Crippen LogP contribution is -1.91. The number of benzene rings is 1. The van der Waals surface area contributed by atoms with Crippen LogP contribution in [0, 0.1) is 0 Å². The maximum atomic E-state index is 8.78. The highest BCUT2D eigenvalue weighted by Gasteiger charge is 2.09. The molecule has 0 aliphatic rings. The van der Waals surface area contributed by atoms with E-state index in [0.29, 0.717) is 12.3 Å². The summed E-state index contributed by atoms with van der Waals surface area (Å²) < 4.78 is 10.5. The van der Waals surface area contributed by atoms with E-state index < -0.39 is 0 Å². The molecule has 0 spiro atoms. The zero-order valence-electron chi connectivity index (χ0n) is 9.01. The van der Waals surface area contributed by atoms with Gasteiger partial charge in [0.05, 0.1) is 13.7 Å². The Balaban J connectivity index is 2.34. The molecule has 0 bridgehead atoms. The molecule has 4 nitrogen and oxygen atoms in total. The minimum Gasteiger partial charge on any atom is -0.496 e. The molecular weight excluding hydrogens is 206 g/mol. The smallest absolute Gasteiger partial charge is 0.196 e. The average molecular weight is 219 g/mol. The van der Waals surface area contributed by atoms with Gasteiger partial charge in [0.25, 0.3) is 0 Å². The average Bonchev–Trinajstić information content (AvgIpc) is 2.78. The summed E-state index contributed by atoms with van der Waals surface area (Å²) in [4.78, 5) is 4.27. The summed E-state index contributed by atoms with van der Waals surface area (Å²) in [5.74, 6) is 1.29. The maximum Gasteiger partial charge on any atom is 0.196 e. The third-order valence-electron chi connectivity index (χ3n) is 2.26. The SMILES string of the molecule is COc1ccccc1-c1coc(CCO)n1. The van der Waals surface area contributed by atoms with E-state index in [9.17, 15) is 0 Å². The van der Waals surface area contributed by atoms with Crippen LogP contribution in [0.3, 0.4) is 0 Å². The van der Waals surface area contributed by atoms with Crippen molar-refractivity contribution in [3.8, 4) is 17.0 Å². The number of nitrogens with zero attached hydrogens (tertiary/aromatic N) is 1. The van der Waals surface area contributed by atoms with E-state index >= 15 is 0 Å². The number of aliphatic hydroxyl groups is 1. The molecule has 0 amide bonds. The Morgan fingerprint density at radius 3 is 2.94 bits per heavy atom. The predicted octanol–water partition coefficient (Wildman–Crippen LogP) is 1.89. The molecular formula is C12H13NO3. The standard InChI is InChI=1S/C12H13NO3/c1-15-11-5-3-2-4-9(11)10-8-16-12(13-10)6-7-14/h2-5,8,14H,6-7H2,1H3. The molecule has 1 N–H and O–H groups in total. The van der Waals surface area contributed by atoms with Crippen molar-refractivity contribution in [2.45, 2.75) is 6.42 Å². The van der Waals surface area contributed by atoms with Crippen LogP contribution in [0.5, 0.6) is 5.75 Å². The third kappa shape index (κ3) is 2.06. The van der Waals surface area contributed by atoms with Crippen LogP contribution in [-0.2, 0) is 6.42 Å². The second kappa shape index (κ2) is 4.81. The van der Waals surface area contributed by atoms with Gasteiger partial charge < -0.3 is 14.3 Å². The first-order chi connectivity index (χ1) is 7.85. The Hall–Kier alpha value is -1.81. The van der Waals surface area contributed by atoms with Crippen molar-refractivity contribution in [2.24, 2.45) is 0 Å². The Morgan fingerprint density at radius 2 is 2.19 bits per heavy atom. The molecule has 16 heavy (non-hydrogen) atoms. The second-order valence-electron chi connectivity index (χ2n) is 3.30. The van der Waals surface area contributed by atoms with Crippen LogP contribution in [-0.4, -0.2) is 23.8 Å². The van der Waals surface area contributed by atoms with Crippen molar-refractivity contribution in [2.75, 3.05) is 13.7 Å². The van der Waals surface area contributed by atoms with Crippen LogP contribution >= 0.6 is 0 Å². The highest BCUT2D eigenvalue weighted by Crippen LogP contribution is 2.28. The number of para-hydroxylation sites is 1. The maximum absolute atomic E-state index is 8.78. The first-order valence-corrected chi connectivity index (χ1v) is 5.04. The lowest BCUT2D eigenvalue weighted by molar-refractivity contribution is 0.285. The molecule has 0 unspecified atom stereocenters. The van der Waals surface area contributed by atoms with E-state index in [4.69, 9.17) is 14.3 Å². The molecule has 1 heterocycles. The lowest BCUT2D eigenvalue weighted by Gasteiger charge is -2.04. The van der Waals surface area contributed by atoms with Crippen molar-refractivity contribution in [1.82, 2.24) is 4.98 Å². The molecule has 1 aromatic heterocycles. The van der Waals surface area contributed by atoms with Crippen LogP contribution in [0.15, 0.2) is 34.9 Å². The fraction of sp³-hybridized carbons (Fsp3) is 0.250. The molecule has 1 aromatic carbocycles. The fourth-order valence-corrected chi connectivity index (χ4v) is 1.50. The molecule has 4 heteroatoms. The van der Waals surface area contributed by atoms with Gasteiger partial charge in [0.1, 0.15) is 17.7 Å². The third-order valence-corrected chi connectivity index (χ3v) is 2.26. The zero-order chi connectivity index (χ0) is 11.4. The molecule has 0 radical (unpaired) electrons. The normalized spacial score (nSPS) is 10.4. The number of ether oxygens (including phenoxy) is 1. The first kappa shape index (κ1) is 10.7. The summed E-state index contributed by atoms with van der Waals surface area (Å²) in [5, 5.41) is 8.78. The van der Waals surface area contributed by atoms with Crippen molar-refractivity contribution in [3.63, 3.8) is 0 Å². The number of oxazole rings is 1. The Morgan fingerprint density at radius 1 is 1.38 bits per heavy atom. The van der Waals surface area contributed by atoms with Gasteiger partial charge in [-0.05, 0) is 12.1 Å². The molecule has 84 valence electrons. The van der Waals surface area contributed by atoms with Gasteiger partial charge in [0.15, 0.2) is 5.89 Å². The number of methoxy groups -OCH3 is 1. The summed E-state index contributed by atoms with van der Waals surface area (Å²) in [5.41, 5.74) is 1.61. The second-order valence-corrected chi connectivity index (χ2v) is 3.30. The van der Waals surface area contributed by atoms with E-state index in [1.807, 2.05) is 24.3 Å². The molecule has 0 atom stereocenters. The molecule has 0 fully saturated rings. The molecule has 2 rings (SSSR count). The summed E-state index contributed by atoms with van der Waals surface area (Å²) in [6.45, 7) is 0.0336. The van der Waals surface area contributed by atoms with Gasteiger partial charge >= 0.3 is 0 Å². The summed E-state index contributed by atoms with van der Waals surface area (Å²) in [6, 6.07) is 7.60. The summed E-state index contributed by atoms with van der Waals surface area (Å²) in [6.07, 6.45) is 2.00. The van der Waals surface area contributed by atoms with Gasteiger partial charge in [-0.25, -0.2) is 4.98 Å². The number of hydrogen-bond donors (Lipinski definition) is 1. The first-order valence-electron chi connectivity index (χ1n) is 5.04. The summed E-state index contributed by atoms with van der Waals surface area (Å²) >= 11 is 0. The van der Waals surface area contributed by atoms with Gasteiger partial charge in [-0.3, -0.25) is 0 Å². The number of rotatable bonds is 4. The van der Waals surface area contributed by atoms with Crippen LogP contribution in [0.25, 0.3) is 11.3 Å². The Bertz CT molecular complexity index is 465. The van der Waals surface area contributed by atoms with Gasteiger partial charge in [0, 0.05) is 12.0 Å². The van der Waals surface area contributed by atoms with E-state index in [1.54, 1.807) is 13.4 Å². The highest BCUT2D eigenvalue weighted by molar-refractivity contribution is 5.66. The molecule has 0 saturated heterocycles. The highest BCUT2D eigenvalue weighted by atomic mass is 16.5. The monoisotopic (exact) mass is 219 g/mol. The molecule has 2 aromatic rings. The Kier molecular flexibility index (Phi) is 3.22. The number of hydrogen-bond acceptors (Lipinski definition) is 4. The molecule has 0 aliphatic carbocycles. The van der Waals surface area contributed by atoms with Crippen molar-refractivity contribution in [1.29, 1.82) is 0 Å². The van der Waals surface area contributed by atoms with E-state index in [-0.39, 0.29) is 6.61 Å². The van der Waals surface area contributed by atoms with Gasteiger partial charge in [-0.2, -0.15) is 0 Å². The van der Waals surface area contributed by atoms with Crippen LogP contribution in [0.4, 0.5) is 0 Å². The largest absolute Gasteiger partial charge is 0.496 e. The van der Waals surface area contributed by atoms with Crippen molar-refractivity contribution < 1.29 is 14.3 Å². The van der Waals surface area contributed by atoms with Crippen LogP contribution < -0.4 is 4.74 Å². The zero-order valence-corrected chi connectivity index (χ0v) is 9.01. The van der Waals surface area contributed by atoms with E-state index in [2.05, 4.69) is 4.98 Å². The lowest BCUT2D eigenvalue weighted by atomic mass is 10.1. The Labute approximate surface area is 93.5 Å². The fourth-order valence-electron chi connectivity index (χ4n) is 1.50. The quantitative estimate of drug-likeness (QED) is 0.853. The number of aromatic nitrogens is 1. The topological polar surface area (TPSA) is 55.5 Å². The predicted molar refractivity (Wildman–Crippen MR) is 59.3 cm³/mol. The molecule has 0 saturated carbocycles. The van der Waals surface area contributed by atoms with E-state index in [1.165, 1.54) is 0 Å². The van der Waals surface area contributed by atoms with E-state index in [0.717, 1.165) is 17.0 Å². The minimum atomic E-state index is 0.0336. The van der Waals surface area contributed by atoms with Crippen LogP contribution in [0.1, 0.15) is 5.89 Å². The minimum absolute atomic E-state index is 0.0336. The van der Waals surface area contributed by atoms with Gasteiger partial charge in [-0.15, -0.1) is 0 Å².